The van der Waals surface area contributed by atoms with Crippen LogP contribution in [0.25, 0.3) is 0 Å². The molecule has 2 aromatic rings. The Morgan fingerprint density at radius 2 is 1.81 bits per heavy atom. The number of ether oxygens (including phenoxy) is 3. The van der Waals surface area contributed by atoms with E-state index in [4.69, 9.17) is 14.2 Å². The van der Waals surface area contributed by atoms with Gasteiger partial charge in [0.25, 0.3) is 0 Å². The Bertz CT molecular complexity index is 891. The molecule has 1 amide bonds. The summed E-state index contributed by atoms with van der Waals surface area (Å²) in [5, 5.41) is 3.90. The Labute approximate surface area is 155 Å². The highest BCUT2D eigenvalue weighted by Crippen LogP contribution is 2.43. The second-order valence-corrected chi connectivity index (χ2v) is 7.29. The highest BCUT2D eigenvalue weighted by molar-refractivity contribution is 7.17. The molecule has 1 aromatic heterocycles. The lowest BCUT2D eigenvalue weighted by molar-refractivity contribution is -0.114. The molecule has 6 nitrogen and oxygen atoms in total. The van der Waals surface area contributed by atoms with Gasteiger partial charge >= 0.3 is 0 Å². The minimum absolute atomic E-state index is 0.0892. The van der Waals surface area contributed by atoms with Gasteiger partial charge in [-0.25, -0.2) is 0 Å². The fourth-order valence-corrected chi connectivity index (χ4v) is 4.90. The third kappa shape index (κ3) is 2.63. The molecular weight excluding hydrogens is 352 g/mol. The van der Waals surface area contributed by atoms with E-state index >= 15 is 0 Å². The first kappa shape index (κ1) is 16.9. The van der Waals surface area contributed by atoms with Gasteiger partial charge in [0.1, 0.15) is 11.5 Å². The Morgan fingerprint density at radius 1 is 1.08 bits per heavy atom. The average Bonchev–Trinajstić information content (AvgIpc) is 3.18. The maximum atomic E-state index is 12.1. The summed E-state index contributed by atoms with van der Waals surface area (Å²) in [5.41, 5.74) is 4.00. The lowest BCUT2D eigenvalue weighted by atomic mass is 9.98. The fraction of sp³-hybridized carbons (Fsp3) is 0.368. The molecule has 1 aromatic carbocycles. The van der Waals surface area contributed by atoms with E-state index in [1.54, 1.807) is 32.7 Å². The molecule has 0 saturated carbocycles. The number of rotatable bonds is 4. The van der Waals surface area contributed by atoms with Crippen molar-refractivity contribution in [3.63, 3.8) is 0 Å². The van der Waals surface area contributed by atoms with Crippen molar-refractivity contribution < 1.29 is 19.0 Å². The van der Waals surface area contributed by atoms with Crippen LogP contribution < -0.4 is 19.5 Å². The molecule has 0 unspecified atom stereocenters. The number of hydrogen-bond donors (Lipinski definition) is 1. The SMILES string of the molecule is COc1cc(C2=NCC(=O)Nc3sc4c(c32)CCC4)cc(OC)c1OC. The number of nitrogens with one attached hydrogen (secondary N) is 1. The second-order valence-electron chi connectivity index (χ2n) is 6.19. The zero-order valence-corrected chi connectivity index (χ0v) is 15.8. The average molecular weight is 372 g/mol. The first-order valence-electron chi connectivity index (χ1n) is 8.45. The van der Waals surface area contributed by atoms with E-state index in [0.29, 0.717) is 17.2 Å². The molecule has 0 spiro atoms. The van der Waals surface area contributed by atoms with Crippen LogP contribution in [0.2, 0.25) is 0 Å². The van der Waals surface area contributed by atoms with E-state index in [1.165, 1.54) is 10.4 Å². The fourth-order valence-electron chi connectivity index (χ4n) is 3.59. The van der Waals surface area contributed by atoms with Crippen LogP contribution in [0.3, 0.4) is 0 Å². The minimum Gasteiger partial charge on any atom is -0.493 e. The van der Waals surface area contributed by atoms with Gasteiger partial charge in [0.05, 0.1) is 27.0 Å². The van der Waals surface area contributed by atoms with Gasteiger partial charge in [-0.15, -0.1) is 11.3 Å². The number of methoxy groups -OCH3 is 3. The molecule has 7 heteroatoms. The van der Waals surface area contributed by atoms with E-state index < -0.39 is 0 Å². The molecule has 0 atom stereocenters. The summed E-state index contributed by atoms with van der Waals surface area (Å²) in [6, 6.07) is 3.78. The number of nitrogens with zero attached hydrogens (tertiary/aromatic N) is 1. The number of carbonyl (C=O) groups excluding carboxylic acids is 1. The molecule has 1 aliphatic heterocycles. The van der Waals surface area contributed by atoms with Crippen molar-refractivity contribution in [1.82, 2.24) is 0 Å². The molecule has 1 N–H and O–H groups in total. The van der Waals surface area contributed by atoms with Crippen molar-refractivity contribution >= 4 is 28.0 Å². The maximum absolute atomic E-state index is 12.1. The van der Waals surface area contributed by atoms with Crippen LogP contribution >= 0.6 is 11.3 Å². The van der Waals surface area contributed by atoms with Crippen molar-refractivity contribution in [2.75, 3.05) is 33.2 Å². The zero-order valence-electron chi connectivity index (χ0n) is 15.0. The Balaban J connectivity index is 1.92. The van der Waals surface area contributed by atoms with Gasteiger partial charge in [-0.1, -0.05) is 0 Å². The van der Waals surface area contributed by atoms with Crippen molar-refractivity contribution in [2.24, 2.45) is 4.99 Å². The van der Waals surface area contributed by atoms with Gasteiger partial charge in [-0.05, 0) is 37.0 Å². The van der Waals surface area contributed by atoms with Crippen molar-refractivity contribution in [1.29, 1.82) is 0 Å². The normalized spacial score (nSPS) is 15.5. The van der Waals surface area contributed by atoms with Crippen LogP contribution in [0.15, 0.2) is 17.1 Å². The number of fused-ring (bicyclic) bond motifs is 3. The first-order chi connectivity index (χ1) is 12.7. The summed E-state index contributed by atoms with van der Waals surface area (Å²) in [7, 11) is 4.76. The van der Waals surface area contributed by atoms with Crippen molar-refractivity contribution in [3.8, 4) is 17.2 Å². The van der Waals surface area contributed by atoms with Crippen LogP contribution in [0.1, 0.15) is 28.0 Å². The van der Waals surface area contributed by atoms with Crippen LogP contribution in [0.5, 0.6) is 17.2 Å². The third-order valence-electron chi connectivity index (χ3n) is 4.73. The van der Waals surface area contributed by atoms with Gasteiger partial charge in [0.15, 0.2) is 11.5 Å². The van der Waals surface area contributed by atoms with Gasteiger partial charge in [-0.3, -0.25) is 9.79 Å². The predicted octanol–water partition coefficient (Wildman–Crippen LogP) is 3.05. The monoisotopic (exact) mass is 372 g/mol. The minimum atomic E-state index is -0.0892. The lowest BCUT2D eigenvalue weighted by Gasteiger charge is -2.15. The highest BCUT2D eigenvalue weighted by atomic mass is 32.1. The largest absolute Gasteiger partial charge is 0.493 e. The van der Waals surface area contributed by atoms with E-state index in [9.17, 15) is 4.79 Å². The van der Waals surface area contributed by atoms with E-state index in [0.717, 1.165) is 41.1 Å². The quantitative estimate of drug-likeness (QED) is 0.896. The van der Waals surface area contributed by atoms with Crippen LogP contribution in [0, 0.1) is 0 Å². The Morgan fingerprint density at radius 3 is 2.46 bits per heavy atom. The maximum Gasteiger partial charge on any atom is 0.246 e. The summed E-state index contributed by atoms with van der Waals surface area (Å²) < 4.78 is 16.4. The molecule has 136 valence electrons. The number of benzene rings is 1. The van der Waals surface area contributed by atoms with E-state index in [1.807, 2.05) is 12.1 Å². The van der Waals surface area contributed by atoms with Crippen LogP contribution in [-0.2, 0) is 17.6 Å². The number of amides is 1. The molecule has 0 bridgehead atoms. The van der Waals surface area contributed by atoms with Gasteiger partial charge in [0, 0.05) is 16.0 Å². The number of carbonyl (C=O) groups is 1. The van der Waals surface area contributed by atoms with Crippen LogP contribution in [-0.4, -0.2) is 39.5 Å². The van der Waals surface area contributed by atoms with E-state index in [-0.39, 0.29) is 12.5 Å². The van der Waals surface area contributed by atoms with Gasteiger partial charge in [0.2, 0.25) is 11.7 Å². The topological polar surface area (TPSA) is 69.2 Å². The number of aryl methyl sites for hydroxylation is 1. The smallest absolute Gasteiger partial charge is 0.246 e. The van der Waals surface area contributed by atoms with Crippen molar-refractivity contribution in [3.05, 3.63) is 33.7 Å². The Kier molecular flexibility index (Phi) is 4.32. The molecular formula is C19H20N2O4S. The first-order valence-corrected chi connectivity index (χ1v) is 9.27. The third-order valence-corrected chi connectivity index (χ3v) is 5.94. The molecule has 4 rings (SSSR count). The lowest BCUT2D eigenvalue weighted by Crippen LogP contribution is -2.12. The van der Waals surface area contributed by atoms with Gasteiger partial charge < -0.3 is 19.5 Å². The number of anilines is 1. The molecule has 0 fully saturated rings. The van der Waals surface area contributed by atoms with E-state index in [2.05, 4.69) is 10.3 Å². The summed E-state index contributed by atoms with van der Waals surface area (Å²) in [4.78, 5) is 18.1. The number of thiophene rings is 1. The highest BCUT2D eigenvalue weighted by Gasteiger charge is 2.29. The summed E-state index contributed by atoms with van der Waals surface area (Å²) >= 11 is 1.67. The number of aliphatic imine (C=N–C) groups is 1. The molecule has 2 aliphatic rings. The summed E-state index contributed by atoms with van der Waals surface area (Å²) in [6.07, 6.45) is 3.22. The van der Waals surface area contributed by atoms with Crippen LogP contribution in [0.4, 0.5) is 5.00 Å². The molecule has 26 heavy (non-hydrogen) atoms. The molecule has 0 saturated heterocycles. The second kappa shape index (κ2) is 6.64. The summed E-state index contributed by atoms with van der Waals surface area (Å²) in [6.45, 7) is 0.0994. The standard InChI is InChI=1S/C19H20N2O4S/c1-23-12-7-10(8-13(24-2)18(12)25-3)17-16-11-5-4-6-14(11)26-19(16)21-15(22)9-20-17/h7-8H,4-6,9H2,1-3H3,(H,21,22). The van der Waals surface area contributed by atoms with Crippen molar-refractivity contribution in [2.45, 2.75) is 19.3 Å². The summed E-state index contributed by atoms with van der Waals surface area (Å²) in [5.74, 6) is 1.59. The molecule has 1 aliphatic carbocycles. The predicted molar refractivity (Wildman–Crippen MR) is 102 cm³/mol. The zero-order chi connectivity index (χ0) is 18.3. The number of hydrogen-bond acceptors (Lipinski definition) is 6. The molecule has 0 radical (unpaired) electrons. The van der Waals surface area contributed by atoms with Gasteiger partial charge in [-0.2, -0.15) is 0 Å². The Hall–Kier alpha value is -2.54. The molecule has 2 heterocycles.